The molecule has 2 fully saturated rings. The molecule has 4 rings (SSSR count). The molecule has 6 nitrogen and oxygen atoms in total. The fourth-order valence-electron chi connectivity index (χ4n) is 3.71. The van der Waals surface area contributed by atoms with Gasteiger partial charge in [0.05, 0.1) is 17.4 Å². The molecule has 2 aromatic rings. The van der Waals surface area contributed by atoms with E-state index in [2.05, 4.69) is 4.98 Å². The molecule has 0 aliphatic carbocycles. The van der Waals surface area contributed by atoms with Gasteiger partial charge in [-0.25, -0.2) is 0 Å². The Balaban J connectivity index is 1.82. The number of carbonyl (C=O) groups is 2. The number of aliphatic hydroxyl groups is 1. The number of carbonyl (C=O) groups excluding carboxylic acids is 2. The normalized spacial score (nSPS) is 24.1. The minimum Gasteiger partial charge on any atom is -0.507 e. The molecule has 2 aliphatic heterocycles. The molecule has 28 heavy (non-hydrogen) atoms. The van der Waals surface area contributed by atoms with Crippen LogP contribution < -0.4 is 0 Å². The first-order valence-corrected chi connectivity index (χ1v) is 9.51. The molecule has 0 saturated carbocycles. The summed E-state index contributed by atoms with van der Waals surface area (Å²) in [5, 5.41) is 11.3. The van der Waals surface area contributed by atoms with Crippen LogP contribution in [0.5, 0.6) is 0 Å². The molecule has 7 heteroatoms. The van der Waals surface area contributed by atoms with Crippen molar-refractivity contribution >= 4 is 29.1 Å². The van der Waals surface area contributed by atoms with Gasteiger partial charge in [0.15, 0.2) is 0 Å². The van der Waals surface area contributed by atoms with Crippen LogP contribution in [0.25, 0.3) is 5.76 Å². The number of benzene rings is 1. The largest absolute Gasteiger partial charge is 0.507 e. The van der Waals surface area contributed by atoms with E-state index in [4.69, 9.17) is 16.3 Å². The zero-order chi connectivity index (χ0) is 19.7. The van der Waals surface area contributed by atoms with Crippen molar-refractivity contribution in [2.75, 3.05) is 13.2 Å². The van der Waals surface area contributed by atoms with E-state index in [1.165, 1.54) is 4.90 Å². The topological polar surface area (TPSA) is 79.7 Å². The van der Waals surface area contributed by atoms with Crippen molar-refractivity contribution < 1.29 is 19.4 Å². The maximum absolute atomic E-state index is 12.9. The molecular weight excluding hydrogens is 380 g/mol. The summed E-state index contributed by atoms with van der Waals surface area (Å²) in [6.07, 6.45) is 3.22. The van der Waals surface area contributed by atoms with Crippen molar-refractivity contribution in [2.24, 2.45) is 0 Å². The van der Waals surface area contributed by atoms with Crippen molar-refractivity contribution in [3.05, 3.63) is 70.5 Å². The maximum atomic E-state index is 12.9. The van der Waals surface area contributed by atoms with Crippen LogP contribution in [0.3, 0.4) is 0 Å². The number of halogens is 1. The van der Waals surface area contributed by atoms with E-state index in [-0.39, 0.29) is 24.0 Å². The predicted molar refractivity (Wildman–Crippen MR) is 104 cm³/mol. The minimum atomic E-state index is -0.774. The fourth-order valence-corrected chi connectivity index (χ4v) is 3.90. The third-order valence-corrected chi connectivity index (χ3v) is 5.27. The number of Topliss-reactive ketones (excluding diaryl/α,β-unsaturated/α-hetero) is 1. The third kappa shape index (κ3) is 3.41. The second-order valence-electron chi connectivity index (χ2n) is 6.85. The van der Waals surface area contributed by atoms with Crippen molar-refractivity contribution in [1.82, 2.24) is 9.88 Å². The highest BCUT2D eigenvalue weighted by Gasteiger charge is 2.47. The Morgan fingerprint density at radius 2 is 2.11 bits per heavy atom. The molecule has 2 unspecified atom stereocenters. The molecular formula is C21H19ClN2O4. The number of nitrogens with zero attached hydrogens (tertiary/aromatic N) is 2. The Morgan fingerprint density at radius 3 is 2.79 bits per heavy atom. The highest BCUT2D eigenvalue weighted by Crippen LogP contribution is 2.39. The summed E-state index contributed by atoms with van der Waals surface area (Å²) in [6, 6.07) is 11.1. The van der Waals surface area contributed by atoms with Crippen LogP contribution in [0.1, 0.15) is 30.1 Å². The first-order chi connectivity index (χ1) is 13.6. The standard InChI is InChI=1S/C21H19ClN2O4/c22-14-6-3-5-13(11-14)19(25)17-18(16-8-1-2-9-23-16)24(21(27)20(17)26)12-15-7-4-10-28-15/h1-3,5-6,8-9,11,15,18,25H,4,7,10,12H2/b19-17-. The summed E-state index contributed by atoms with van der Waals surface area (Å²) in [6.45, 7) is 0.920. The average Bonchev–Trinajstić information content (AvgIpc) is 3.30. The Labute approximate surface area is 167 Å². The van der Waals surface area contributed by atoms with Gasteiger partial charge in [0, 0.05) is 29.9 Å². The molecule has 144 valence electrons. The number of likely N-dealkylation sites (tertiary alicyclic amines) is 1. The zero-order valence-corrected chi connectivity index (χ0v) is 15.8. The number of hydrogen-bond acceptors (Lipinski definition) is 5. The Bertz CT molecular complexity index is 938. The van der Waals surface area contributed by atoms with Crippen molar-refractivity contribution in [2.45, 2.75) is 25.0 Å². The van der Waals surface area contributed by atoms with Crippen LogP contribution in [0.15, 0.2) is 54.2 Å². The molecule has 0 spiro atoms. The highest BCUT2D eigenvalue weighted by atomic mass is 35.5. The van der Waals surface area contributed by atoms with Gasteiger partial charge in [0.25, 0.3) is 11.7 Å². The van der Waals surface area contributed by atoms with Crippen LogP contribution in [0.2, 0.25) is 5.02 Å². The number of ether oxygens (including phenoxy) is 1. The minimum absolute atomic E-state index is 0.0176. The number of rotatable bonds is 4. The molecule has 3 heterocycles. The van der Waals surface area contributed by atoms with E-state index in [9.17, 15) is 14.7 Å². The molecule has 0 bridgehead atoms. The van der Waals surface area contributed by atoms with E-state index < -0.39 is 17.7 Å². The van der Waals surface area contributed by atoms with Crippen LogP contribution >= 0.6 is 11.6 Å². The quantitative estimate of drug-likeness (QED) is 0.485. The zero-order valence-electron chi connectivity index (χ0n) is 15.0. The number of ketones is 1. The monoisotopic (exact) mass is 398 g/mol. The molecule has 2 saturated heterocycles. The lowest BCUT2D eigenvalue weighted by atomic mass is 9.98. The van der Waals surface area contributed by atoms with Gasteiger partial charge in [-0.15, -0.1) is 0 Å². The molecule has 2 atom stereocenters. The number of aromatic nitrogens is 1. The van der Waals surface area contributed by atoms with Crippen LogP contribution in [-0.4, -0.2) is 45.9 Å². The van der Waals surface area contributed by atoms with Crippen LogP contribution in [-0.2, 0) is 14.3 Å². The molecule has 1 amide bonds. The van der Waals surface area contributed by atoms with Crippen LogP contribution in [0, 0.1) is 0 Å². The maximum Gasteiger partial charge on any atom is 0.295 e. The SMILES string of the molecule is O=C1C(=O)N(CC2CCCO2)C(c2ccccn2)/C1=C(/O)c1cccc(Cl)c1. The summed E-state index contributed by atoms with van der Waals surface area (Å²) in [7, 11) is 0. The lowest BCUT2D eigenvalue weighted by Gasteiger charge is -2.26. The Morgan fingerprint density at radius 1 is 1.25 bits per heavy atom. The van der Waals surface area contributed by atoms with E-state index in [0.29, 0.717) is 22.9 Å². The first-order valence-electron chi connectivity index (χ1n) is 9.13. The van der Waals surface area contributed by atoms with Crippen LogP contribution in [0.4, 0.5) is 0 Å². The molecule has 1 aromatic heterocycles. The van der Waals surface area contributed by atoms with E-state index >= 15 is 0 Å². The summed E-state index contributed by atoms with van der Waals surface area (Å²) in [4.78, 5) is 31.5. The molecule has 2 aliphatic rings. The second kappa shape index (κ2) is 7.73. The summed E-state index contributed by atoms with van der Waals surface area (Å²) < 4.78 is 5.66. The average molecular weight is 399 g/mol. The van der Waals surface area contributed by atoms with Gasteiger partial charge in [-0.2, -0.15) is 0 Å². The number of aliphatic hydroxyl groups excluding tert-OH is 1. The molecule has 0 radical (unpaired) electrons. The molecule has 1 N–H and O–H groups in total. The van der Waals surface area contributed by atoms with Crippen molar-refractivity contribution in [1.29, 1.82) is 0 Å². The van der Waals surface area contributed by atoms with E-state index in [1.54, 1.807) is 48.7 Å². The van der Waals surface area contributed by atoms with Gasteiger partial charge in [-0.1, -0.05) is 29.8 Å². The highest BCUT2D eigenvalue weighted by molar-refractivity contribution is 6.46. The van der Waals surface area contributed by atoms with Gasteiger partial charge >= 0.3 is 0 Å². The van der Waals surface area contributed by atoms with Gasteiger partial charge in [0.1, 0.15) is 11.8 Å². The number of hydrogen-bond donors (Lipinski definition) is 1. The van der Waals surface area contributed by atoms with Gasteiger partial charge in [0.2, 0.25) is 0 Å². The van der Waals surface area contributed by atoms with Gasteiger partial charge in [-0.3, -0.25) is 14.6 Å². The van der Waals surface area contributed by atoms with Crippen molar-refractivity contribution in [3.8, 4) is 0 Å². The summed E-state index contributed by atoms with van der Waals surface area (Å²) in [5.41, 5.74) is 0.913. The van der Waals surface area contributed by atoms with E-state index in [1.807, 2.05) is 0 Å². The van der Waals surface area contributed by atoms with Crippen molar-refractivity contribution in [3.63, 3.8) is 0 Å². The smallest absolute Gasteiger partial charge is 0.295 e. The summed E-state index contributed by atoms with van der Waals surface area (Å²) in [5.74, 6) is -1.65. The lowest BCUT2D eigenvalue weighted by molar-refractivity contribution is -0.140. The first kappa shape index (κ1) is 18.7. The van der Waals surface area contributed by atoms with Gasteiger partial charge < -0.3 is 14.7 Å². The predicted octanol–water partition coefficient (Wildman–Crippen LogP) is 3.34. The number of pyridine rings is 1. The van der Waals surface area contributed by atoms with E-state index in [0.717, 1.165) is 12.8 Å². The molecule has 1 aromatic carbocycles. The third-order valence-electron chi connectivity index (χ3n) is 5.03. The number of amides is 1. The second-order valence-corrected chi connectivity index (χ2v) is 7.29. The van der Waals surface area contributed by atoms with Gasteiger partial charge in [-0.05, 0) is 37.1 Å². The Hall–Kier alpha value is -2.70. The lowest BCUT2D eigenvalue weighted by Crippen LogP contribution is -2.36. The Kier molecular flexibility index (Phi) is 5.15. The summed E-state index contributed by atoms with van der Waals surface area (Å²) >= 11 is 6.03. The fraction of sp³-hybridized carbons (Fsp3) is 0.286.